The van der Waals surface area contributed by atoms with E-state index in [1.807, 2.05) is 26.8 Å². The maximum atomic E-state index is 14.1. The Balaban J connectivity index is 2.09. The largest absolute Gasteiger partial charge is 0.352 e. The Kier molecular flexibility index (Phi) is 11.0. The lowest BCUT2D eigenvalue weighted by molar-refractivity contribution is -0.140. The van der Waals surface area contributed by atoms with Crippen molar-refractivity contribution in [3.63, 3.8) is 0 Å². The standard InChI is InChI=1S/C30H35Cl2N3O4S/c1-5-22(4)33-30(37)28(6-2)34(19-25-26(31)16-11-17-27(25)32)29(36)20-35(23-13-10-12-21(3)18-23)40(38,39)24-14-8-7-9-15-24/h7-18,22,28H,5-6,19-20H2,1-4H3,(H,33,37)/t22-,28+/m0/s1. The number of carbonyl (C=O) groups is 2. The summed E-state index contributed by atoms with van der Waals surface area (Å²) in [5.41, 5.74) is 1.64. The fourth-order valence-corrected chi connectivity index (χ4v) is 6.19. The summed E-state index contributed by atoms with van der Waals surface area (Å²) < 4.78 is 28.8. The molecule has 0 saturated carbocycles. The van der Waals surface area contributed by atoms with Crippen LogP contribution in [0.4, 0.5) is 5.69 Å². The molecule has 3 aromatic rings. The first-order chi connectivity index (χ1) is 19.0. The van der Waals surface area contributed by atoms with Crippen LogP contribution >= 0.6 is 23.2 Å². The number of sulfonamides is 1. The molecule has 0 saturated heterocycles. The van der Waals surface area contributed by atoms with E-state index >= 15 is 0 Å². The molecule has 0 spiro atoms. The first-order valence-electron chi connectivity index (χ1n) is 13.2. The Morgan fingerprint density at radius 1 is 0.900 bits per heavy atom. The lowest BCUT2D eigenvalue weighted by atomic mass is 10.1. The summed E-state index contributed by atoms with van der Waals surface area (Å²) in [6, 6.07) is 18.9. The van der Waals surface area contributed by atoms with Gasteiger partial charge in [-0.1, -0.05) is 73.4 Å². The molecule has 0 radical (unpaired) electrons. The second-order valence-corrected chi connectivity index (χ2v) is 12.3. The zero-order chi connectivity index (χ0) is 29.4. The summed E-state index contributed by atoms with van der Waals surface area (Å²) >= 11 is 12.9. The Hall–Kier alpha value is -3.07. The molecule has 7 nitrogen and oxygen atoms in total. The van der Waals surface area contributed by atoms with E-state index in [9.17, 15) is 18.0 Å². The molecule has 2 amide bonds. The van der Waals surface area contributed by atoms with Crippen LogP contribution < -0.4 is 9.62 Å². The van der Waals surface area contributed by atoms with Crippen molar-refractivity contribution in [2.24, 2.45) is 0 Å². The first-order valence-corrected chi connectivity index (χ1v) is 15.4. The minimum Gasteiger partial charge on any atom is -0.352 e. The van der Waals surface area contributed by atoms with Crippen LogP contribution in [0, 0.1) is 6.92 Å². The number of aryl methyl sites for hydroxylation is 1. The van der Waals surface area contributed by atoms with Gasteiger partial charge in [0.25, 0.3) is 10.0 Å². The number of halogens is 2. The lowest BCUT2D eigenvalue weighted by Gasteiger charge is -2.34. The van der Waals surface area contributed by atoms with E-state index in [0.29, 0.717) is 34.1 Å². The summed E-state index contributed by atoms with van der Waals surface area (Å²) in [5, 5.41) is 3.63. The van der Waals surface area contributed by atoms with Crippen LogP contribution in [0.1, 0.15) is 44.7 Å². The summed E-state index contributed by atoms with van der Waals surface area (Å²) in [4.78, 5) is 28.9. The number of rotatable bonds is 12. The summed E-state index contributed by atoms with van der Waals surface area (Å²) in [5.74, 6) is -0.899. The number of anilines is 1. The molecule has 40 heavy (non-hydrogen) atoms. The van der Waals surface area contributed by atoms with Crippen LogP contribution in [-0.4, -0.2) is 43.8 Å². The molecular weight excluding hydrogens is 569 g/mol. The van der Waals surface area contributed by atoms with E-state index in [1.165, 1.54) is 17.0 Å². The van der Waals surface area contributed by atoms with Gasteiger partial charge in [0, 0.05) is 28.2 Å². The quantitative estimate of drug-likeness (QED) is 0.266. The molecular formula is C30H35Cl2N3O4S. The van der Waals surface area contributed by atoms with Gasteiger partial charge in [0.15, 0.2) is 0 Å². The van der Waals surface area contributed by atoms with Crippen molar-refractivity contribution in [1.82, 2.24) is 10.2 Å². The van der Waals surface area contributed by atoms with Crippen molar-refractivity contribution in [3.05, 3.63) is 94.0 Å². The van der Waals surface area contributed by atoms with Crippen LogP contribution in [-0.2, 0) is 26.2 Å². The Bertz CT molecular complexity index is 1410. The molecule has 0 aliphatic heterocycles. The van der Waals surface area contributed by atoms with E-state index in [1.54, 1.807) is 61.5 Å². The molecule has 214 valence electrons. The van der Waals surface area contributed by atoms with Crippen LogP contribution in [0.2, 0.25) is 10.0 Å². The van der Waals surface area contributed by atoms with Crippen LogP contribution in [0.15, 0.2) is 77.7 Å². The third kappa shape index (κ3) is 7.56. The maximum absolute atomic E-state index is 14.1. The van der Waals surface area contributed by atoms with Crippen LogP contribution in [0.5, 0.6) is 0 Å². The Labute approximate surface area is 247 Å². The van der Waals surface area contributed by atoms with Crippen LogP contribution in [0.25, 0.3) is 0 Å². The number of nitrogens with zero attached hydrogens (tertiary/aromatic N) is 2. The van der Waals surface area contributed by atoms with Gasteiger partial charge in [-0.25, -0.2) is 8.42 Å². The highest BCUT2D eigenvalue weighted by Gasteiger charge is 2.34. The number of amides is 2. The highest BCUT2D eigenvalue weighted by atomic mass is 35.5. The van der Waals surface area contributed by atoms with Gasteiger partial charge in [-0.2, -0.15) is 0 Å². The second kappa shape index (κ2) is 14.0. The van der Waals surface area contributed by atoms with Gasteiger partial charge in [0.2, 0.25) is 11.8 Å². The molecule has 0 fully saturated rings. The molecule has 0 aromatic heterocycles. The molecule has 3 aromatic carbocycles. The molecule has 3 rings (SSSR count). The third-order valence-corrected chi connectivity index (χ3v) is 9.17. The molecule has 10 heteroatoms. The molecule has 0 unspecified atom stereocenters. The summed E-state index contributed by atoms with van der Waals surface area (Å²) in [6.45, 7) is 6.87. The molecule has 0 bridgehead atoms. The van der Waals surface area contributed by atoms with Crippen molar-refractivity contribution >= 4 is 50.7 Å². The first kappa shape index (κ1) is 31.5. The zero-order valence-corrected chi connectivity index (χ0v) is 25.4. The van der Waals surface area contributed by atoms with E-state index in [0.717, 1.165) is 9.87 Å². The number of hydrogen-bond donors (Lipinski definition) is 1. The van der Waals surface area contributed by atoms with Crippen molar-refractivity contribution in [2.45, 2.75) is 64.1 Å². The molecule has 1 N–H and O–H groups in total. The predicted molar refractivity (Wildman–Crippen MR) is 161 cm³/mol. The van der Waals surface area contributed by atoms with Gasteiger partial charge < -0.3 is 10.2 Å². The van der Waals surface area contributed by atoms with Crippen molar-refractivity contribution in [1.29, 1.82) is 0 Å². The molecule has 0 heterocycles. The van der Waals surface area contributed by atoms with Gasteiger partial charge in [-0.05, 0) is 68.7 Å². The topological polar surface area (TPSA) is 86.8 Å². The van der Waals surface area contributed by atoms with E-state index < -0.39 is 28.5 Å². The average molecular weight is 605 g/mol. The molecule has 0 aliphatic carbocycles. The molecule has 0 aliphatic rings. The number of carbonyl (C=O) groups excluding carboxylic acids is 2. The van der Waals surface area contributed by atoms with Crippen LogP contribution in [0.3, 0.4) is 0 Å². The van der Waals surface area contributed by atoms with Gasteiger partial charge >= 0.3 is 0 Å². The smallest absolute Gasteiger partial charge is 0.264 e. The van der Waals surface area contributed by atoms with E-state index in [4.69, 9.17) is 23.2 Å². The minimum atomic E-state index is -4.13. The predicted octanol–water partition coefficient (Wildman–Crippen LogP) is 6.22. The van der Waals surface area contributed by atoms with Crippen molar-refractivity contribution < 1.29 is 18.0 Å². The number of benzene rings is 3. The SMILES string of the molecule is CC[C@H](C(=O)N[C@@H](C)CC)N(Cc1c(Cl)cccc1Cl)C(=O)CN(c1cccc(C)c1)S(=O)(=O)c1ccccc1. The normalized spacial score (nSPS) is 12.8. The van der Waals surface area contributed by atoms with Gasteiger partial charge in [-0.15, -0.1) is 0 Å². The van der Waals surface area contributed by atoms with Gasteiger partial charge in [-0.3, -0.25) is 13.9 Å². The highest BCUT2D eigenvalue weighted by Crippen LogP contribution is 2.29. The zero-order valence-electron chi connectivity index (χ0n) is 23.1. The fourth-order valence-electron chi connectivity index (χ4n) is 4.25. The summed E-state index contributed by atoms with van der Waals surface area (Å²) in [6.07, 6.45) is 1.01. The summed E-state index contributed by atoms with van der Waals surface area (Å²) in [7, 11) is -4.13. The molecule has 2 atom stereocenters. The lowest BCUT2D eigenvalue weighted by Crippen LogP contribution is -2.53. The minimum absolute atomic E-state index is 0.0477. The van der Waals surface area contributed by atoms with Gasteiger partial charge in [0.05, 0.1) is 10.6 Å². The maximum Gasteiger partial charge on any atom is 0.264 e. The van der Waals surface area contributed by atoms with E-state index in [-0.39, 0.29) is 23.4 Å². The third-order valence-electron chi connectivity index (χ3n) is 6.68. The Morgan fingerprint density at radius 3 is 2.10 bits per heavy atom. The Morgan fingerprint density at radius 2 is 1.52 bits per heavy atom. The van der Waals surface area contributed by atoms with Crippen molar-refractivity contribution in [3.8, 4) is 0 Å². The average Bonchev–Trinajstić information content (AvgIpc) is 2.93. The number of nitrogens with one attached hydrogen (secondary N) is 1. The van der Waals surface area contributed by atoms with E-state index in [2.05, 4.69) is 5.32 Å². The number of hydrogen-bond acceptors (Lipinski definition) is 4. The van der Waals surface area contributed by atoms with Gasteiger partial charge in [0.1, 0.15) is 12.6 Å². The monoisotopic (exact) mass is 603 g/mol. The van der Waals surface area contributed by atoms with Crippen molar-refractivity contribution in [2.75, 3.05) is 10.8 Å². The fraction of sp³-hybridized carbons (Fsp3) is 0.333. The second-order valence-electron chi connectivity index (χ2n) is 9.63. The highest BCUT2D eigenvalue weighted by molar-refractivity contribution is 7.92.